The van der Waals surface area contributed by atoms with Gasteiger partial charge in [0.15, 0.2) is 0 Å². The van der Waals surface area contributed by atoms with Crippen LogP contribution in [0.25, 0.3) is 28.9 Å². The first-order chi connectivity index (χ1) is 17.8. The Morgan fingerprint density at radius 1 is 0.889 bits per heavy atom. The SMILES string of the molecule is NC1CCC(c2c3c(c(-c4ccccc4)c4c2CCCC=C4)C=CCC3)=C/C1=N/NC1=CCNCC1. The molecule has 6 rings (SSSR count). The molecular formula is C32H36N4. The van der Waals surface area contributed by atoms with Gasteiger partial charge in [-0.05, 0) is 102 Å². The predicted molar refractivity (Wildman–Crippen MR) is 153 cm³/mol. The molecule has 0 saturated heterocycles. The van der Waals surface area contributed by atoms with Crippen LogP contribution in [-0.2, 0) is 12.8 Å². The topological polar surface area (TPSA) is 62.4 Å². The van der Waals surface area contributed by atoms with Crippen LogP contribution in [0.3, 0.4) is 0 Å². The molecule has 0 fully saturated rings. The maximum Gasteiger partial charge on any atom is 0.0777 e. The van der Waals surface area contributed by atoms with E-state index in [2.05, 4.69) is 77.5 Å². The zero-order valence-electron chi connectivity index (χ0n) is 21.0. The zero-order chi connectivity index (χ0) is 24.3. The molecule has 2 aromatic carbocycles. The molecule has 4 heteroatoms. The molecule has 4 aliphatic rings. The van der Waals surface area contributed by atoms with E-state index in [4.69, 9.17) is 10.8 Å². The summed E-state index contributed by atoms with van der Waals surface area (Å²) in [4.78, 5) is 0. The van der Waals surface area contributed by atoms with Gasteiger partial charge < -0.3 is 11.1 Å². The van der Waals surface area contributed by atoms with Gasteiger partial charge in [0.05, 0.1) is 5.71 Å². The normalized spacial score (nSPS) is 22.4. The molecule has 4 N–H and O–H groups in total. The predicted octanol–water partition coefficient (Wildman–Crippen LogP) is 5.99. The second-order valence-electron chi connectivity index (χ2n) is 10.3. The van der Waals surface area contributed by atoms with Crippen LogP contribution in [0, 0.1) is 0 Å². The second kappa shape index (κ2) is 10.4. The van der Waals surface area contributed by atoms with Gasteiger partial charge in [0, 0.05) is 31.2 Å². The van der Waals surface area contributed by atoms with Crippen molar-refractivity contribution < 1.29 is 0 Å². The molecule has 0 bridgehead atoms. The lowest BCUT2D eigenvalue weighted by atomic mass is 9.75. The fourth-order valence-electron chi connectivity index (χ4n) is 6.11. The zero-order valence-corrected chi connectivity index (χ0v) is 21.0. The molecule has 4 nitrogen and oxygen atoms in total. The van der Waals surface area contributed by atoms with E-state index in [9.17, 15) is 0 Å². The monoisotopic (exact) mass is 476 g/mol. The Labute approximate surface area is 214 Å². The number of allylic oxidation sites excluding steroid dienone is 3. The molecule has 1 heterocycles. The first-order valence-electron chi connectivity index (χ1n) is 13.6. The fourth-order valence-corrected chi connectivity index (χ4v) is 6.11. The summed E-state index contributed by atoms with van der Waals surface area (Å²) in [6.07, 6.45) is 22.5. The standard InChI is InChI=1S/C32H36N4/c33-29-16-15-23(21-30(29)36-35-24-17-19-34-20-18-24)32-27-12-6-2-5-11-25(27)31(22-9-3-1-4-10-22)26-13-7-8-14-28(26)32/h1,3-5,7,9-11,13,17,21,29,34-35H,2,6,8,12,14-16,18-20,33H2/b36-30-. The molecule has 0 spiro atoms. The molecule has 1 atom stereocenters. The van der Waals surface area contributed by atoms with E-state index in [-0.39, 0.29) is 6.04 Å². The van der Waals surface area contributed by atoms with Crippen LogP contribution >= 0.6 is 0 Å². The maximum absolute atomic E-state index is 6.57. The number of fused-ring (bicyclic) bond motifs is 2. The molecule has 36 heavy (non-hydrogen) atoms. The summed E-state index contributed by atoms with van der Waals surface area (Å²) in [5, 5.41) is 8.17. The van der Waals surface area contributed by atoms with Crippen LogP contribution in [-0.4, -0.2) is 24.8 Å². The Morgan fingerprint density at radius 2 is 1.69 bits per heavy atom. The molecule has 184 valence electrons. The van der Waals surface area contributed by atoms with Gasteiger partial charge in [-0.25, -0.2) is 0 Å². The highest BCUT2D eigenvalue weighted by molar-refractivity contribution is 6.07. The van der Waals surface area contributed by atoms with Gasteiger partial charge in [0.25, 0.3) is 0 Å². The van der Waals surface area contributed by atoms with Gasteiger partial charge in [0.1, 0.15) is 0 Å². The molecule has 0 amide bonds. The Morgan fingerprint density at radius 3 is 2.50 bits per heavy atom. The van der Waals surface area contributed by atoms with Crippen molar-refractivity contribution in [3.8, 4) is 11.1 Å². The van der Waals surface area contributed by atoms with Crippen molar-refractivity contribution in [2.24, 2.45) is 10.8 Å². The van der Waals surface area contributed by atoms with Crippen molar-refractivity contribution in [1.29, 1.82) is 0 Å². The van der Waals surface area contributed by atoms with Crippen molar-refractivity contribution in [3.63, 3.8) is 0 Å². The highest BCUT2D eigenvalue weighted by Crippen LogP contribution is 2.44. The first-order valence-corrected chi connectivity index (χ1v) is 13.6. The van der Waals surface area contributed by atoms with Crippen molar-refractivity contribution in [1.82, 2.24) is 10.7 Å². The van der Waals surface area contributed by atoms with Crippen LogP contribution in [0.4, 0.5) is 0 Å². The second-order valence-corrected chi connectivity index (χ2v) is 10.3. The molecule has 1 unspecified atom stereocenters. The number of nitrogens with one attached hydrogen (secondary N) is 2. The third-order valence-electron chi connectivity index (χ3n) is 7.92. The lowest BCUT2D eigenvalue weighted by Crippen LogP contribution is -2.34. The average Bonchev–Trinajstić information content (AvgIpc) is 3.18. The van der Waals surface area contributed by atoms with Gasteiger partial charge in [-0.2, -0.15) is 5.10 Å². The number of hydrogen-bond donors (Lipinski definition) is 3. The molecule has 0 aromatic heterocycles. The number of nitrogens with zero attached hydrogens (tertiary/aromatic N) is 1. The summed E-state index contributed by atoms with van der Waals surface area (Å²) < 4.78 is 0. The van der Waals surface area contributed by atoms with E-state index >= 15 is 0 Å². The summed E-state index contributed by atoms with van der Waals surface area (Å²) >= 11 is 0. The molecule has 3 aliphatic carbocycles. The third-order valence-corrected chi connectivity index (χ3v) is 7.92. The number of benzene rings is 2. The van der Waals surface area contributed by atoms with Gasteiger partial charge >= 0.3 is 0 Å². The largest absolute Gasteiger partial charge is 0.323 e. The molecule has 1 aliphatic heterocycles. The summed E-state index contributed by atoms with van der Waals surface area (Å²) in [5.41, 5.74) is 23.5. The quantitative estimate of drug-likeness (QED) is 0.475. The van der Waals surface area contributed by atoms with Gasteiger partial charge in [-0.15, -0.1) is 0 Å². The van der Waals surface area contributed by atoms with Crippen LogP contribution in [0.2, 0.25) is 0 Å². The van der Waals surface area contributed by atoms with Gasteiger partial charge in [0.2, 0.25) is 0 Å². The minimum Gasteiger partial charge on any atom is -0.323 e. The fraction of sp³-hybridized carbons (Fsp3) is 0.344. The first kappa shape index (κ1) is 23.2. The van der Waals surface area contributed by atoms with E-state index in [1.807, 2.05) is 0 Å². The lowest BCUT2D eigenvalue weighted by Gasteiger charge is -2.29. The summed E-state index contributed by atoms with van der Waals surface area (Å²) in [5.74, 6) is 0. The van der Waals surface area contributed by atoms with Gasteiger partial charge in [-0.3, -0.25) is 5.43 Å². The van der Waals surface area contributed by atoms with Crippen molar-refractivity contribution in [2.75, 3.05) is 13.1 Å². The van der Waals surface area contributed by atoms with Crippen LogP contribution in [0.5, 0.6) is 0 Å². The molecule has 0 saturated carbocycles. The Bertz CT molecular complexity index is 1290. The summed E-state index contributed by atoms with van der Waals surface area (Å²) in [7, 11) is 0. The van der Waals surface area contributed by atoms with Crippen molar-refractivity contribution >= 4 is 23.4 Å². The lowest BCUT2D eigenvalue weighted by molar-refractivity contribution is 0.654. The minimum absolute atomic E-state index is 0.0265. The molecule has 2 aromatic rings. The number of hydrogen-bond acceptors (Lipinski definition) is 4. The van der Waals surface area contributed by atoms with E-state index < -0.39 is 0 Å². The molecule has 0 radical (unpaired) electrons. The summed E-state index contributed by atoms with van der Waals surface area (Å²) in [6.45, 7) is 1.89. The number of nitrogens with two attached hydrogens (primary N) is 1. The Kier molecular flexibility index (Phi) is 6.71. The number of hydrazone groups is 1. The van der Waals surface area contributed by atoms with E-state index in [0.717, 1.165) is 63.7 Å². The van der Waals surface area contributed by atoms with Gasteiger partial charge in [-0.1, -0.05) is 54.6 Å². The molecular weight excluding hydrogens is 440 g/mol. The summed E-state index contributed by atoms with van der Waals surface area (Å²) in [6, 6.07) is 10.9. The highest BCUT2D eigenvalue weighted by Gasteiger charge is 2.28. The van der Waals surface area contributed by atoms with Crippen LogP contribution in [0.1, 0.15) is 66.3 Å². The van der Waals surface area contributed by atoms with E-state index in [0.29, 0.717) is 0 Å². The Hall–Kier alpha value is -3.21. The minimum atomic E-state index is -0.0265. The number of rotatable bonds is 4. The van der Waals surface area contributed by atoms with E-state index in [1.165, 1.54) is 56.6 Å². The third kappa shape index (κ3) is 4.52. The van der Waals surface area contributed by atoms with Crippen LogP contribution in [0.15, 0.2) is 65.4 Å². The van der Waals surface area contributed by atoms with Crippen molar-refractivity contribution in [3.05, 3.63) is 88.2 Å². The maximum atomic E-state index is 6.57. The average molecular weight is 477 g/mol. The smallest absolute Gasteiger partial charge is 0.0777 e. The Balaban J connectivity index is 1.51. The van der Waals surface area contributed by atoms with Crippen molar-refractivity contribution in [2.45, 2.75) is 57.4 Å². The van der Waals surface area contributed by atoms with E-state index in [1.54, 1.807) is 0 Å². The highest BCUT2D eigenvalue weighted by atomic mass is 15.3. The van der Waals surface area contributed by atoms with Crippen LogP contribution < -0.4 is 16.5 Å².